The molecule has 0 saturated heterocycles. The first-order valence-electron chi connectivity index (χ1n) is 1.73. The van der Waals surface area contributed by atoms with Crippen molar-refractivity contribution in [2.24, 2.45) is 0 Å². The van der Waals surface area contributed by atoms with Crippen LogP contribution in [-0.2, 0) is 0 Å². The van der Waals surface area contributed by atoms with Gasteiger partial charge in [0.2, 0.25) is 9.47 Å². The van der Waals surface area contributed by atoms with Gasteiger partial charge in [0, 0.05) is 0 Å². The molecule has 8 heavy (non-hydrogen) atoms. The number of hydrogen-bond acceptors (Lipinski definition) is 6. The summed E-state index contributed by atoms with van der Waals surface area (Å²) in [5.74, 6) is 0. The Kier molecular flexibility index (Phi) is 1.66. The highest BCUT2D eigenvalue weighted by Gasteiger charge is 1.96. The second-order valence-corrected chi connectivity index (χ2v) is 2.83. The fourth-order valence-electron chi connectivity index (χ4n) is 0.257. The van der Waals surface area contributed by atoms with Crippen LogP contribution in [0.25, 0.3) is 0 Å². The van der Waals surface area contributed by atoms with Crippen molar-refractivity contribution in [1.82, 2.24) is 10.2 Å². The highest BCUT2D eigenvalue weighted by Crippen LogP contribution is 2.19. The molecule has 0 bridgehead atoms. The van der Waals surface area contributed by atoms with Gasteiger partial charge in [0.15, 0.2) is 0 Å². The van der Waals surface area contributed by atoms with Gasteiger partial charge in [-0.3, -0.25) is 0 Å². The van der Waals surface area contributed by atoms with Gasteiger partial charge in [-0.1, -0.05) is 11.3 Å². The predicted molar refractivity (Wildman–Crippen MR) is 32.8 cm³/mol. The van der Waals surface area contributed by atoms with Crippen LogP contribution in [0.15, 0.2) is 4.34 Å². The topological polar surface area (TPSA) is 72.0 Å². The zero-order valence-electron chi connectivity index (χ0n) is 3.74. The number of anilines is 1. The Balaban J connectivity index is 2.84. The van der Waals surface area contributed by atoms with Crippen LogP contribution in [-0.4, -0.2) is 14.8 Å². The lowest BCUT2D eigenvalue weighted by molar-refractivity contribution is 0.661. The molecule has 1 aromatic rings. The Morgan fingerprint density at radius 2 is 2.38 bits per heavy atom. The van der Waals surface area contributed by atoms with Crippen molar-refractivity contribution in [2.75, 3.05) is 5.73 Å². The van der Waals surface area contributed by atoms with Crippen LogP contribution in [0, 0.1) is 0 Å². The van der Waals surface area contributed by atoms with Gasteiger partial charge in [0.25, 0.3) is 0 Å². The zero-order valence-corrected chi connectivity index (χ0v) is 5.37. The number of nitrogens with two attached hydrogens (primary N) is 1. The summed E-state index contributed by atoms with van der Waals surface area (Å²) in [7, 11) is 0. The Morgan fingerprint density at radius 3 is 2.62 bits per heavy atom. The van der Waals surface area contributed by atoms with E-state index in [-0.39, 0.29) is 0 Å². The number of nitrogens with zero attached hydrogens (tertiary/aromatic N) is 2. The average molecular weight is 149 g/mol. The minimum Gasteiger partial charge on any atom is -0.374 e. The normalized spacial score (nSPS) is 9.62. The standard InChI is InChI=1S/C2H3N3OS2/c3-1-4-5-2(7-1)8-6/h6H,(H2,3,4). The van der Waals surface area contributed by atoms with Crippen molar-refractivity contribution >= 4 is 28.5 Å². The summed E-state index contributed by atoms with van der Waals surface area (Å²) in [6.07, 6.45) is 0. The van der Waals surface area contributed by atoms with E-state index in [0.717, 1.165) is 11.3 Å². The first-order valence-corrected chi connectivity index (χ1v) is 3.32. The van der Waals surface area contributed by atoms with Crippen molar-refractivity contribution in [3.8, 4) is 0 Å². The molecule has 0 aliphatic carbocycles. The van der Waals surface area contributed by atoms with Crippen LogP contribution in [0.1, 0.15) is 0 Å². The lowest BCUT2D eigenvalue weighted by atomic mass is 11.3. The van der Waals surface area contributed by atoms with Crippen LogP contribution in [0.5, 0.6) is 0 Å². The molecule has 1 aromatic heterocycles. The van der Waals surface area contributed by atoms with Gasteiger partial charge in [-0.15, -0.1) is 10.2 Å². The summed E-state index contributed by atoms with van der Waals surface area (Å²) in [4.78, 5) is 0. The molecular formula is C2H3N3OS2. The second-order valence-electron chi connectivity index (χ2n) is 0.997. The fourth-order valence-corrected chi connectivity index (χ4v) is 1.08. The van der Waals surface area contributed by atoms with Crippen molar-refractivity contribution in [1.29, 1.82) is 0 Å². The lowest BCUT2D eigenvalue weighted by Gasteiger charge is -1.73. The van der Waals surface area contributed by atoms with Crippen LogP contribution in [0.4, 0.5) is 5.13 Å². The van der Waals surface area contributed by atoms with E-state index in [4.69, 9.17) is 10.3 Å². The summed E-state index contributed by atoms with van der Waals surface area (Å²) in [6.45, 7) is 0. The Labute approximate surface area is 53.9 Å². The summed E-state index contributed by atoms with van der Waals surface area (Å²) in [6, 6.07) is 0. The largest absolute Gasteiger partial charge is 0.374 e. The van der Waals surface area contributed by atoms with Gasteiger partial charge in [-0.05, 0) is 0 Å². The molecule has 0 atom stereocenters. The van der Waals surface area contributed by atoms with Crippen molar-refractivity contribution in [3.63, 3.8) is 0 Å². The van der Waals surface area contributed by atoms with Gasteiger partial charge in [0.1, 0.15) is 0 Å². The Bertz CT molecular complexity index is 176. The minimum absolute atomic E-state index is 0.376. The molecule has 0 aliphatic heterocycles. The fraction of sp³-hybridized carbons (Fsp3) is 0. The van der Waals surface area contributed by atoms with Gasteiger partial charge in [-0.2, -0.15) is 0 Å². The van der Waals surface area contributed by atoms with Crippen LogP contribution in [0.3, 0.4) is 0 Å². The van der Waals surface area contributed by atoms with Gasteiger partial charge >= 0.3 is 0 Å². The van der Waals surface area contributed by atoms with E-state index < -0.39 is 0 Å². The second kappa shape index (κ2) is 2.29. The Morgan fingerprint density at radius 1 is 1.62 bits per heavy atom. The Hall–Kier alpha value is -0.330. The summed E-state index contributed by atoms with van der Waals surface area (Å²) in [5, 5.41) is 7.32. The van der Waals surface area contributed by atoms with Gasteiger partial charge in [-0.25, -0.2) is 0 Å². The zero-order chi connectivity index (χ0) is 5.98. The summed E-state index contributed by atoms with van der Waals surface area (Å²) >= 11 is 1.71. The molecule has 0 radical (unpaired) electrons. The third kappa shape index (κ3) is 1.09. The smallest absolute Gasteiger partial charge is 0.203 e. The molecule has 0 fully saturated rings. The van der Waals surface area contributed by atoms with Gasteiger partial charge < -0.3 is 10.3 Å². The first kappa shape index (κ1) is 5.80. The van der Waals surface area contributed by atoms with Gasteiger partial charge in [0.05, 0.1) is 12.0 Å². The quantitative estimate of drug-likeness (QED) is 0.574. The molecule has 0 amide bonds. The van der Waals surface area contributed by atoms with E-state index in [0.29, 0.717) is 21.5 Å². The van der Waals surface area contributed by atoms with E-state index in [1.54, 1.807) is 0 Å². The molecule has 0 unspecified atom stereocenters. The number of nitrogen functional groups attached to an aromatic ring is 1. The number of rotatable bonds is 1. The molecule has 44 valence electrons. The molecule has 3 N–H and O–H groups in total. The molecule has 6 heteroatoms. The van der Waals surface area contributed by atoms with Crippen LogP contribution < -0.4 is 5.73 Å². The summed E-state index contributed by atoms with van der Waals surface area (Å²) < 4.78 is 8.79. The van der Waals surface area contributed by atoms with E-state index in [1.165, 1.54) is 0 Å². The average Bonchev–Trinajstić information content (AvgIpc) is 2.14. The van der Waals surface area contributed by atoms with Crippen LogP contribution >= 0.6 is 23.4 Å². The minimum atomic E-state index is 0.376. The molecule has 0 spiro atoms. The number of aromatic nitrogens is 2. The molecule has 0 saturated carbocycles. The van der Waals surface area contributed by atoms with E-state index in [9.17, 15) is 0 Å². The molecule has 0 aromatic carbocycles. The summed E-state index contributed by atoms with van der Waals surface area (Å²) in [5.41, 5.74) is 5.17. The van der Waals surface area contributed by atoms with Crippen molar-refractivity contribution in [2.45, 2.75) is 4.34 Å². The monoisotopic (exact) mass is 149 g/mol. The SMILES string of the molecule is Nc1nnc(SO)s1. The first-order chi connectivity index (χ1) is 3.83. The third-order valence-electron chi connectivity index (χ3n) is 0.500. The van der Waals surface area contributed by atoms with E-state index >= 15 is 0 Å². The van der Waals surface area contributed by atoms with Crippen LogP contribution in [0.2, 0.25) is 0 Å². The molecule has 0 aliphatic rings. The maximum absolute atomic E-state index is 8.32. The molecular weight excluding hydrogens is 146 g/mol. The third-order valence-corrected chi connectivity index (χ3v) is 1.76. The maximum Gasteiger partial charge on any atom is 0.203 e. The van der Waals surface area contributed by atoms with E-state index in [1.807, 2.05) is 0 Å². The molecule has 1 heterocycles. The highest BCUT2D eigenvalue weighted by molar-refractivity contribution is 7.95. The number of hydrogen-bond donors (Lipinski definition) is 2. The molecule has 1 rings (SSSR count). The van der Waals surface area contributed by atoms with E-state index in [2.05, 4.69) is 10.2 Å². The molecule has 4 nitrogen and oxygen atoms in total. The predicted octanol–water partition coefficient (Wildman–Crippen LogP) is 0.685. The lowest BCUT2D eigenvalue weighted by Crippen LogP contribution is -1.79. The highest BCUT2D eigenvalue weighted by atomic mass is 32.2. The maximum atomic E-state index is 8.32. The van der Waals surface area contributed by atoms with Crippen molar-refractivity contribution < 1.29 is 4.55 Å². The van der Waals surface area contributed by atoms with Crippen molar-refractivity contribution in [3.05, 3.63) is 0 Å².